The summed E-state index contributed by atoms with van der Waals surface area (Å²) in [7, 11) is 0. The van der Waals surface area contributed by atoms with Gasteiger partial charge in [0.25, 0.3) is 0 Å². The van der Waals surface area contributed by atoms with Crippen LogP contribution in [0.1, 0.15) is 35.2 Å². The average Bonchev–Trinajstić information content (AvgIpc) is 2.72. The highest BCUT2D eigenvalue weighted by Crippen LogP contribution is 2.28. The Bertz CT molecular complexity index is 734. The molecule has 4 unspecified atom stereocenters. The third-order valence-corrected chi connectivity index (χ3v) is 4.75. The fourth-order valence-corrected chi connectivity index (χ4v) is 3.26. The van der Waals surface area contributed by atoms with Crippen molar-refractivity contribution in [2.45, 2.75) is 50.4 Å². The first-order valence-corrected chi connectivity index (χ1v) is 9.17. The first-order chi connectivity index (χ1) is 13.2. The second-order valence-corrected chi connectivity index (χ2v) is 6.71. The Balaban J connectivity index is 1.51. The largest absolute Gasteiger partial charge is 0.373 e. The topological polar surface area (TPSA) is 52.6 Å². The van der Waals surface area contributed by atoms with Crippen LogP contribution in [0.25, 0.3) is 0 Å². The molecule has 0 aromatic heterocycles. The van der Waals surface area contributed by atoms with E-state index in [2.05, 4.69) is 0 Å². The van der Waals surface area contributed by atoms with Crippen LogP contribution in [0.2, 0.25) is 0 Å². The van der Waals surface area contributed by atoms with Crippen molar-refractivity contribution in [3.8, 4) is 0 Å². The lowest BCUT2D eigenvalue weighted by atomic mass is 9.92. The first-order valence-electron chi connectivity index (χ1n) is 9.17. The van der Waals surface area contributed by atoms with E-state index in [9.17, 15) is 14.0 Å². The minimum absolute atomic E-state index is 0.195. The Morgan fingerprint density at radius 3 is 2.37 bits per heavy atom. The molecule has 5 heteroatoms. The van der Waals surface area contributed by atoms with Crippen molar-refractivity contribution >= 4 is 12.1 Å². The molecular formula is C22H23FO4. The van der Waals surface area contributed by atoms with E-state index < -0.39 is 24.2 Å². The summed E-state index contributed by atoms with van der Waals surface area (Å²) >= 11 is 0. The number of rotatable bonds is 8. The average molecular weight is 370 g/mol. The highest BCUT2D eigenvalue weighted by atomic mass is 19.1. The van der Waals surface area contributed by atoms with Crippen LogP contribution in [0, 0.1) is 0 Å². The van der Waals surface area contributed by atoms with Crippen molar-refractivity contribution in [2.24, 2.45) is 0 Å². The van der Waals surface area contributed by atoms with Crippen molar-refractivity contribution in [3.05, 3.63) is 71.8 Å². The number of hydrogen-bond donors (Lipinski definition) is 0. The summed E-state index contributed by atoms with van der Waals surface area (Å²) in [5, 5.41) is 0. The summed E-state index contributed by atoms with van der Waals surface area (Å²) < 4.78 is 25.9. The summed E-state index contributed by atoms with van der Waals surface area (Å²) in [5.74, 6) is -0.444. The van der Waals surface area contributed by atoms with Crippen LogP contribution < -0.4 is 0 Å². The predicted octanol–water partition coefficient (Wildman–Crippen LogP) is 3.93. The molecule has 4 atom stereocenters. The molecule has 3 rings (SSSR count). The van der Waals surface area contributed by atoms with Gasteiger partial charge in [0, 0.05) is 12.0 Å². The van der Waals surface area contributed by atoms with Crippen LogP contribution >= 0.6 is 0 Å². The van der Waals surface area contributed by atoms with E-state index in [0.29, 0.717) is 31.3 Å². The minimum Gasteiger partial charge on any atom is -0.373 e. The maximum absolute atomic E-state index is 14.6. The van der Waals surface area contributed by atoms with Gasteiger partial charge in [0.1, 0.15) is 6.17 Å². The molecule has 2 aromatic rings. The van der Waals surface area contributed by atoms with Crippen molar-refractivity contribution in [1.29, 1.82) is 0 Å². The summed E-state index contributed by atoms with van der Waals surface area (Å²) in [6.07, 6.45) is -1.84. The zero-order chi connectivity index (χ0) is 19.1. The van der Waals surface area contributed by atoms with Gasteiger partial charge in [0.05, 0.1) is 18.8 Å². The third-order valence-electron chi connectivity index (χ3n) is 4.75. The summed E-state index contributed by atoms with van der Waals surface area (Å²) in [6.45, 7) is 0.438. The molecule has 0 N–H and O–H groups in total. The summed E-state index contributed by atoms with van der Waals surface area (Å²) in [5.41, 5.74) is 1.42. The molecule has 0 heterocycles. The molecule has 142 valence electrons. The lowest BCUT2D eigenvalue weighted by molar-refractivity contribution is -0.127. The van der Waals surface area contributed by atoms with Gasteiger partial charge in [-0.3, -0.25) is 9.59 Å². The fourth-order valence-electron chi connectivity index (χ4n) is 3.26. The Morgan fingerprint density at radius 2 is 1.74 bits per heavy atom. The lowest BCUT2D eigenvalue weighted by Gasteiger charge is -2.32. The van der Waals surface area contributed by atoms with Crippen molar-refractivity contribution in [2.75, 3.05) is 0 Å². The van der Waals surface area contributed by atoms with Gasteiger partial charge in [-0.2, -0.15) is 0 Å². The summed E-state index contributed by atoms with van der Waals surface area (Å²) in [4.78, 5) is 23.7. The quantitative estimate of drug-likeness (QED) is 0.401. The number of ketones is 1. The maximum atomic E-state index is 14.6. The summed E-state index contributed by atoms with van der Waals surface area (Å²) in [6, 6.07) is 18.2. The molecule has 2 aromatic carbocycles. The number of halogens is 1. The van der Waals surface area contributed by atoms with Crippen LogP contribution in [-0.4, -0.2) is 36.6 Å². The van der Waals surface area contributed by atoms with Gasteiger partial charge < -0.3 is 9.47 Å². The van der Waals surface area contributed by atoms with Crippen LogP contribution in [0.3, 0.4) is 0 Å². The van der Waals surface area contributed by atoms with Crippen molar-refractivity contribution in [1.82, 2.24) is 0 Å². The van der Waals surface area contributed by atoms with Crippen molar-refractivity contribution < 1.29 is 23.5 Å². The Kier molecular flexibility index (Phi) is 6.85. The SMILES string of the molecule is O=CC(OC1CCC(OCc2ccccc2)CC1F)C(=O)c1ccccc1. The monoisotopic (exact) mass is 370 g/mol. The molecule has 1 aliphatic carbocycles. The maximum Gasteiger partial charge on any atom is 0.198 e. The zero-order valence-corrected chi connectivity index (χ0v) is 15.0. The molecule has 0 aliphatic heterocycles. The van der Waals surface area contributed by atoms with Gasteiger partial charge >= 0.3 is 0 Å². The van der Waals surface area contributed by atoms with Crippen molar-refractivity contribution in [3.63, 3.8) is 0 Å². The van der Waals surface area contributed by atoms with Gasteiger partial charge in [-0.1, -0.05) is 60.7 Å². The lowest BCUT2D eigenvalue weighted by Crippen LogP contribution is -2.41. The molecule has 1 saturated carbocycles. The number of benzene rings is 2. The Hall–Kier alpha value is -2.37. The molecular weight excluding hydrogens is 347 g/mol. The molecule has 0 radical (unpaired) electrons. The number of hydrogen-bond acceptors (Lipinski definition) is 4. The van der Waals surface area contributed by atoms with Crippen LogP contribution in [-0.2, 0) is 20.9 Å². The number of ether oxygens (including phenoxy) is 2. The van der Waals surface area contributed by atoms with Gasteiger partial charge in [-0.15, -0.1) is 0 Å². The van der Waals surface area contributed by atoms with E-state index in [1.807, 2.05) is 30.3 Å². The van der Waals surface area contributed by atoms with Crippen LogP contribution in [0.4, 0.5) is 4.39 Å². The molecule has 0 spiro atoms. The van der Waals surface area contributed by atoms with Crippen LogP contribution in [0.15, 0.2) is 60.7 Å². The normalized spacial score (nSPS) is 23.5. The van der Waals surface area contributed by atoms with Gasteiger partial charge in [-0.25, -0.2) is 4.39 Å². The van der Waals surface area contributed by atoms with Gasteiger partial charge in [-0.05, 0) is 18.4 Å². The number of alkyl halides is 1. The third kappa shape index (κ3) is 5.31. The molecule has 1 fully saturated rings. The highest BCUT2D eigenvalue weighted by Gasteiger charge is 2.35. The second kappa shape index (κ2) is 9.53. The molecule has 27 heavy (non-hydrogen) atoms. The number of carbonyl (C=O) groups excluding carboxylic acids is 2. The highest BCUT2D eigenvalue weighted by molar-refractivity contribution is 6.07. The Morgan fingerprint density at radius 1 is 1.07 bits per heavy atom. The number of carbonyl (C=O) groups is 2. The first kappa shape index (κ1) is 19.4. The number of Topliss-reactive ketones (excluding diaryl/α,β-unsaturated/α-hetero) is 1. The second-order valence-electron chi connectivity index (χ2n) is 6.71. The molecule has 4 nitrogen and oxygen atoms in total. The van der Waals surface area contributed by atoms with E-state index >= 15 is 0 Å². The van der Waals surface area contributed by atoms with E-state index in [1.54, 1.807) is 30.3 Å². The van der Waals surface area contributed by atoms with Gasteiger partial charge in [0.15, 0.2) is 18.2 Å². The molecule has 0 amide bonds. The number of aldehydes is 1. The smallest absolute Gasteiger partial charge is 0.198 e. The molecule has 0 saturated heterocycles. The van der Waals surface area contributed by atoms with Crippen LogP contribution in [0.5, 0.6) is 0 Å². The van der Waals surface area contributed by atoms with E-state index in [-0.39, 0.29) is 12.5 Å². The van der Waals surface area contributed by atoms with E-state index in [1.165, 1.54) is 0 Å². The minimum atomic E-state index is -1.28. The van der Waals surface area contributed by atoms with E-state index in [0.717, 1.165) is 5.56 Å². The predicted molar refractivity (Wildman–Crippen MR) is 99.3 cm³/mol. The zero-order valence-electron chi connectivity index (χ0n) is 15.0. The fraction of sp³-hybridized carbons (Fsp3) is 0.364. The standard InChI is InChI=1S/C22H23FO4/c23-19-13-18(26-15-16-7-3-1-4-8-16)11-12-20(19)27-21(14-24)22(25)17-9-5-2-6-10-17/h1-10,14,18-21H,11-13,15H2. The molecule has 0 bridgehead atoms. The Labute approximate surface area is 158 Å². The van der Waals surface area contributed by atoms with Gasteiger partial charge in [0.2, 0.25) is 0 Å². The molecule has 1 aliphatic rings. The van der Waals surface area contributed by atoms with E-state index in [4.69, 9.17) is 9.47 Å².